The van der Waals surface area contributed by atoms with Crippen LogP contribution in [0.5, 0.6) is 0 Å². The summed E-state index contributed by atoms with van der Waals surface area (Å²) in [4.78, 5) is 28.9. The highest BCUT2D eigenvalue weighted by atomic mass is 79.9. The normalized spacial score (nSPS) is 17.9. The minimum Gasteiger partial charge on any atom is -0.338 e. The molecule has 1 saturated heterocycles. The van der Waals surface area contributed by atoms with Crippen molar-refractivity contribution in [3.8, 4) is 0 Å². The number of carbonyl (C=O) groups is 2. The molecule has 0 aromatic rings. The summed E-state index contributed by atoms with van der Waals surface area (Å²) in [5, 5.41) is 0. The molecule has 18 heavy (non-hydrogen) atoms. The second kappa shape index (κ2) is 6.41. The van der Waals surface area contributed by atoms with Gasteiger partial charge in [-0.25, -0.2) is 4.79 Å². The van der Waals surface area contributed by atoms with Crippen LogP contribution in [0.25, 0.3) is 0 Å². The first kappa shape index (κ1) is 15.3. The van der Waals surface area contributed by atoms with E-state index >= 15 is 0 Å². The zero-order valence-electron chi connectivity index (χ0n) is 11.5. The predicted octanol–water partition coefficient (Wildman–Crippen LogP) is 1.23. The second-order valence-corrected chi connectivity index (χ2v) is 6.12. The number of piperazine rings is 1. The number of carbonyl (C=O) groups excluding carboxylic acids is 2. The quantitative estimate of drug-likeness (QED) is 0.719. The third kappa shape index (κ3) is 3.60. The number of amides is 3. The van der Waals surface area contributed by atoms with Crippen LogP contribution in [0.15, 0.2) is 0 Å². The largest absolute Gasteiger partial charge is 0.338 e. The Bertz CT molecular complexity index is 312. The molecule has 0 aromatic heterocycles. The van der Waals surface area contributed by atoms with E-state index in [0.717, 1.165) is 0 Å². The van der Waals surface area contributed by atoms with Gasteiger partial charge in [0.05, 0.1) is 4.83 Å². The lowest BCUT2D eigenvalue weighted by Gasteiger charge is -2.37. The highest BCUT2D eigenvalue weighted by Crippen LogP contribution is 2.16. The van der Waals surface area contributed by atoms with Crippen LogP contribution in [-0.4, -0.2) is 71.7 Å². The van der Waals surface area contributed by atoms with Gasteiger partial charge < -0.3 is 14.7 Å². The minimum atomic E-state index is -0.131. The van der Waals surface area contributed by atoms with Gasteiger partial charge in [-0.3, -0.25) is 4.79 Å². The lowest BCUT2D eigenvalue weighted by molar-refractivity contribution is -0.132. The Hall–Kier alpha value is -0.780. The van der Waals surface area contributed by atoms with Crippen LogP contribution in [0, 0.1) is 5.92 Å². The van der Waals surface area contributed by atoms with Gasteiger partial charge >= 0.3 is 6.03 Å². The van der Waals surface area contributed by atoms with E-state index in [9.17, 15) is 9.59 Å². The molecule has 3 amide bonds. The van der Waals surface area contributed by atoms with E-state index in [1.807, 2.05) is 18.7 Å². The van der Waals surface area contributed by atoms with Crippen LogP contribution in [0.1, 0.15) is 13.8 Å². The van der Waals surface area contributed by atoms with Crippen molar-refractivity contribution < 1.29 is 9.59 Å². The number of urea groups is 1. The SMILES string of the molecule is CC(C)C(Br)C(=O)N1CCN(C(=O)N(C)C)CC1. The van der Waals surface area contributed by atoms with Crippen molar-refractivity contribution in [2.75, 3.05) is 40.3 Å². The summed E-state index contributed by atoms with van der Waals surface area (Å²) < 4.78 is 0. The van der Waals surface area contributed by atoms with E-state index in [1.165, 1.54) is 0 Å². The zero-order chi connectivity index (χ0) is 13.9. The van der Waals surface area contributed by atoms with Crippen LogP contribution >= 0.6 is 15.9 Å². The van der Waals surface area contributed by atoms with E-state index in [2.05, 4.69) is 15.9 Å². The molecule has 1 fully saturated rings. The maximum atomic E-state index is 12.1. The molecule has 0 aromatic carbocycles. The van der Waals surface area contributed by atoms with E-state index < -0.39 is 0 Å². The highest BCUT2D eigenvalue weighted by molar-refractivity contribution is 9.10. The summed E-state index contributed by atoms with van der Waals surface area (Å²) in [6.07, 6.45) is 0. The first-order chi connectivity index (χ1) is 8.34. The molecule has 0 N–H and O–H groups in total. The summed E-state index contributed by atoms with van der Waals surface area (Å²) in [7, 11) is 3.49. The van der Waals surface area contributed by atoms with Crippen LogP contribution < -0.4 is 0 Å². The fourth-order valence-corrected chi connectivity index (χ4v) is 2.15. The van der Waals surface area contributed by atoms with E-state index in [1.54, 1.807) is 23.9 Å². The van der Waals surface area contributed by atoms with Gasteiger partial charge in [0, 0.05) is 40.3 Å². The maximum Gasteiger partial charge on any atom is 0.319 e. The lowest BCUT2D eigenvalue weighted by Crippen LogP contribution is -2.54. The van der Waals surface area contributed by atoms with Crippen molar-refractivity contribution in [3.63, 3.8) is 0 Å². The molecular weight excluding hydrogens is 298 g/mol. The predicted molar refractivity (Wildman–Crippen MR) is 74.8 cm³/mol. The molecule has 0 bridgehead atoms. The van der Waals surface area contributed by atoms with E-state index in [0.29, 0.717) is 26.2 Å². The van der Waals surface area contributed by atoms with Gasteiger partial charge in [-0.15, -0.1) is 0 Å². The molecule has 0 radical (unpaired) electrons. The Labute approximate surface area is 117 Å². The Morgan fingerprint density at radius 1 is 1.06 bits per heavy atom. The van der Waals surface area contributed by atoms with Crippen molar-refractivity contribution in [3.05, 3.63) is 0 Å². The Morgan fingerprint density at radius 3 is 1.89 bits per heavy atom. The van der Waals surface area contributed by atoms with Gasteiger partial charge in [-0.2, -0.15) is 0 Å². The van der Waals surface area contributed by atoms with Gasteiger partial charge in [0.15, 0.2) is 0 Å². The molecule has 0 saturated carbocycles. The molecule has 0 aliphatic carbocycles. The van der Waals surface area contributed by atoms with Gasteiger partial charge in [0.2, 0.25) is 5.91 Å². The van der Waals surface area contributed by atoms with E-state index in [-0.39, 0.29) is 22.7 Å². The summed E-state index contributed by atoms with van der Waals surface area (Å²) in [6, 6.07) is 0.0151. The fourth-order valence-electron chi connectivity index (χ4n) is 1.86. The minimum absolute atomic E-state index is 0.0151. The Morgan fingerprint density at radius 2 is 1.50 bits per heavy atom. The van der Waals surface area contributed by atoms with E-state index in [4.69, 9.17) is 0 Å². The topological polar surface area (TPSA) is 43.9 Å². The summed E-state index contributed by atoms with van der Waals surface area (Å²) in [5.41, 5.74) is 0. The number of alkyl halides is 1. The monoisotopic (exact) mass is 319 g/mol. The summed E-state index contributed by atoms with van der Waals surface area (Å²) in [6.45, 7) is 6.49. The van der Waals surface area contributed by atoms with Crippen molar-refractivity contribution in [2.24, 2.45) is 5.92 Å². The molecule has 1 heterocycles. The second-order valence-electron chi connectivity index (χ2n) is 5.14. The van der Waals surface area contributed by atoms with Crippen LogP contribution in [0.3, 0.4) is 0 Å². The molecule has 1 unspecified atom stereocenters. The average Bonchev–Trinajstić information content (AvgIpc) is 2.36. The van der Waals surface area contributed by atoms with Crippen LogP contribution in [0.4, 0.5) is 4.79 Å². The van der Waals surface area contributed by atoms with Crippen molar-refractivity contribution in [1.82, 2.24) is 14.7 Å². The molecule has 0 spiro atoms. The standard InChI is InChI=1S/C12H22BrN3O2/c1-9(2)10(13)11(17)15-5-7-16(8-6-15)12(18)14(3)4/h9-10H,5-8H2,1-4H3. The highest BCUT2D eigenvalue weighted by Gasteiger charge is 2.29. The zero-order valence-corrected chi connectivity index (χ0v) is 13.1. The molecule has 1 aliphatic heterocycles. The smallest absolute Gasteiger partial charge is 0.319 e. The fraction of sp³-hybridized carbons (Fsp3) is 0.833. The van der Waals surface area contributed by atoms with Gasteiger partial charge in [-0.05, 0) is 5.92 Å². The number of rotatable bonds is 2. The molecule has 1 atom stereocenters. The van der Waals surface area contributed by atoms with Crippen molar-refractivity contribution in [2.45, 2.75) is 18.7 Å². The Kier molecular flexibility index (Phi) is 5.44. The third-order valence-corrected chi connectivity index (χ3v) is 4.51. The first-order valence-corrected chi connectivity index (χ1v) is 7.15. The summed E-state index contributed by atoms with van der Waals surface area (Å²) >= 11 is 3.43. The number of hydrogen-bond acceptors (Lipinski definition) is 2. The molecule has 5 nitrogen and oxygen atoms in total. The van der Waals surface area contributed by atoms with Gasteiger partial charge in [-0.1, -0.05) is 29.8 Å². The third-order valence-electron chi connectivity index (χ3n) is 3.07. The lowest BCUT2D eigenvalue weighted by atomic mass is 10.1. The van der Waals surface area contributed by atoms with Crippen molar-refractivity contribution in [1.29, 1.82) is 0 Å². The summed E-state index contributed by atoms with van der Waals surface area (Å²) in [5.74, 6) is 0.404. The van der Waals surface area contributed by atoms with Crippen molar-refractivity contribution >= 4 is 27.9 Å². The molecule has 1 aliphatic rings. The molecular formula is C12H22BrN3O2. The molecule has 6 heteroatoms. The average molecular weight is 320 g/mol. The number of nitrogens with zero attached hydrogens (tertiary/aromatic N) is 3. The molecule has 104 valence electrons. The van der Waals surface area contributed by atoms with Gasteiger partial charge in [0.25, 0.3) is 0 Å². The number of halogens is 1. The van der Waals surface area contributed by atoms with Gasteiger partial charge in [0.1, 0.15) is 0 Å². The molecule has 1 rings (SSSR count). The van der Waals surface area contributed by atoms with Crippen LogP contribution in [-0.2, 0) is 4.79 Å². The number of hydrogen-bond donors (Lipinski definition) is 0. The Balaban J connectivity index is 2.49. The first-order valence-electron chi connectivity index (χ1n) is 6.23. The maximum absolute atomic E-state index is 12.1. The van der Waals surface area contributed by atoms with Crippen LogP contribution in [0.2, 0.25) is 0 Å².